The summed E-state index contributed by atoms with van der Waals surface area (Å²) in [6, 6.07) is 9.37. The summed E-state index contributed by atoms with van der Waals surface area (Å²) in [6.07, 6.45) is 6.43. The number of anilines is 1. The Labute approximate surface area is 171 Å². The number of nitrogens with zero attached hydrogens (tertiary/aromatic N) is 4. The van der Waals surface area contributed by atoms with Crippen molar-refractivity contribution in [3.05, 3.63) is 60.7 Å². The lowest BCUT2D eigenvalue weighted by molar-refractivity contribution is 0.328. The van der Waals surface area contributed by atoms with Crippen LogP contribution in [-0.4, -0.2) is 55.3 Å². The largest absolute Gasteiger partial charge is 0.318 e. The van der Waals surface area contributed by atoms with E-state index in [9.17, 15) is 8.42 Å². The topological polar surface area (TPSA) is 92.2 Å². The molecule has 29 heavy (non-hydrogen) atoms. The molecule has 154 valence electrons. The molecule has 0 aliphatic heterocycles. The molecule has 3 aromatic rings. The van der Waals surface area contributed by atoms with Gasteiger partial charge in [-0.05, 0) is 43.4 Å². The Bertz CT molecular complexity index is 1060. The minimum atomic E-state index is -3.69. The van der Waals surface area contributed by atoms with E-state index in [-0.39, 0.29) is 4.90 Å². The van der Waals surface area contributed by atoms with Crippen LogP contribution in [0.4, 0.5) is 5.69 Å². The van der Waals surface area contributed by atoms with Gasteiger partial charge in [-0.3, -0.25) is 14.4 Å². The van der Waals surface area contributed by atoms with E-state index in [2.05, 4.69) is 38.1 Å². The third-order valence-corrected chi connectivity index (χ3v) is 5.77. The molecule has 2 aromatic heterocycles. The van der Waals surface area contributed by atoms with Crippen LogP contribution >= 0.6 is 0 Å². The van der Waals surface area contributed by atoms with Crippen LogP contribution in [0, 0.1) is 0 Å². The molecule has 0 radical (unpaired) electrons. The van der Waals surface area contributed by atoms with Crippen LogP contribution in [0.25, 0.3) is 11.1 Å². The van der Waals surface area contributed by atoms with Gasteiger partial charge in [-0.15, -0.1) is 0 Å². The standard InChI is InChI=1S/C20H26N6O2S/c1-21-7-8-25(2)14-16-9-18(12-22-11-16)17-5-4-6-19(10-17)24-29(27,28)20-13-23-26(3)15-20/h4-6,9-13,15,21,24H,7-8,14H2,1-3H3. The van der Waals surface area contributed by atoms with Crippen molar-refractivity contribution in [3.8, 4) is 11.1 Å². The Morgan fingerprint density at radius 2 is 1.97 bits per heavy atom. The predicted octanol–water partition coefficient (Wildman–Crippen LogP) is 1.93. The number of rotatable bonds is 9. The third kappa shape index (κ3) is 5.63. The highest BCUT2D eigenvalue weighted by Crippen LogP contribution is 2.24. The van der Waals surface area contributed by atoms with Gasteiger partial charge in [0, 0.05) is 56.5 Å². The molecule has 1 aromatic carbocycles. The molecule has 0 atom stereocenters. The molecule has 0 unspecified atom stereocenters. The lowest BCUT2D eigenvalue weighted by Gasteiger charge is -2.16. The number of aromatic nitrogens is 3. The van der Waals surface area contributed by atoms with Gasteiger partial charge in [-0.25, -0.2) is 8.42 Å². The van der Waals surface area contributed by atoms with Gasteiger partial charge in [0.1, 0.15) is 4.90 Å². The van der Waals surface area contributed by atoms with Crippen molar-refractivity contribution in [2.45, 2.75) is 11.4 Å². The molecular formula is C20H26N6O2S. The van der Waals surface area contributed by atoms with Crippen molar-refractivity contribution in [2.75, 3.05) is 31.9 Å². The van der Waals surface area contributed by atoms with Crippen molar-refractivity contribution in [1.82, 2.24) is 25.0 Å². The Morgan fingerprint density at radius 3 is 2.69 bits per heavy atom. The quantitative estimate of drug-likeness (QED) is 0.556. The van der Waals surface area contributed by atoms with Crippen molar-refractivity contribution in [2.24, 2.45) is 7.05 Å². The first-order valence-corrected chi connectivity index (χ1v) is 10.7. The number of nitrogens with one attached hydrogen (secondary N) is 2. The molecule has 0 fully saturated rings. The fraction of sp³-hybridized carbons (Fsp3) is 0.300. The maximum absolute atomic E-state index is 12.5. The summed E-state index contributed by atoms with van der Waals surface area (Å²) in [6.45, 7) is 2.64. The fourth-order valence-corrected chi connectivity index (χ4v) is 3.97. The molecule has 2 heterocycles. The summed E-state index contributed by atoms with van der Waals surface area (Å²) in [5.74, 6) is 0. The fourth-order valence-electron chi connectivity index (χ4n) is 2.94. The van der Waals surface area contributed by atoms with E-state index >= 15 is 0 Å². The smallest absolute Gasteiger partial charge is 0.265 e. The summed E-state index contributed by atoms with van der Waals surface area (Å²) >= 11 is 0. The van der Waals surface area contributed by atoms with Crippen LogP contribution in [0.5, 0.6) is 0 Å². The maximum atomic E-state index is 12.5. The average molecular weight is 415 g/mol. The predicted molar refractivity (Wildman–Crippen MR) is 114 cm³/mol. The number of hydrogen-bond donors (Lipinski definition) is 2. The van der Waals surface area contributed by atoms with Crippen LogP contribution in [-0.2, 0) is 23.6 Å². The van der Waals surface area contributed by atoms with Gasteiger partial charge < -0.3 is 10.2 Å². The molecule has 0 saturated heterocycles. The highest BCUT2D eigenvalue weighted by molar-refractivity contribution is 7.92. The van der Waals surface area contributed by atoms with Crippen molar-refractivity contribution < 1.29 is 8.42 Å². The lowest BCUT2D eigenvalue weighted by Crippen LogP contribution is -2.26. The molecule has 0 saturated carbocycles. The van der Waals surface area contributed by atoms with E-state index in [1.807, 2.05) is 25.4 Å². The van der Waals surface area contributed by atoms with Gasteiger partial charge in [0.15, 0.2) is 0 Å². The number of benzene rings is 1. The van der Waals surface area contributed by atoms with E-state index in [0.717, 1.165) is 36.3 Å². The molecular weight excluding hydrogens is 388 g/mol. The lowest BCUT2D eigenvalue weighted by atomic mass is 10.1. The summed E-state index contributed by atoms with van der Waals surface area (Å²) in [4.78, 5) is 6.70. The molecule has 0 aliphatic carbocycles. The Morgan fingerprint density at radius 1 is 1.14 bits per heavy atom. The van der Waals surface area contributed by atoms with Crippen LogP contribution in [0.1, 0.15) is 5.56 Å². The van der Waals surface area contributed by atoms with Gasteiger partial charge in [0.25, 0.3) is 10.0 Å². The Kier molecular flexibility index (Phi) is 6.63. The first-order chi connectivity index (χ1) is 13.9. The van der Waals surface area contributed by atoms with Gasteiger partial charge in [-0.2, -0.15) is 5.10 Å². The van der Waals surface area contributed by atoms with Crippen molar-refractivity contribution in [3.63, 3.8) is 0 Å². The first-order valence-electron chi connectivity index (χ1n) is 9.26. The molecule has 8 nitrogen and oxygen atoms in total. The maximum Gasteiger partial charge on any atom is 0.265 e. The highest BCUT2D eigenvalue weighted by atomic mass is 32.2. The zero-order valence-corrected chi connectivity index (χ0v) is 17.6. The van der Waals surface area contributed by atoms with Crippen molar-refractivity contribution in [1.29, 1.82) is 0 Å². The van der Waals surface area contributed by atoms with Gasteiger partial charge in [0.2, 0.25) is 0 Å². The minimum absolute atomic E-state index is 0.124. The van der Waals surface area contributed by atoms with Crippen LogP contribution in [0.3, 0.4) is 0 Å². The summed E-state index contributed by atoms with van der Waals surface area (Å²) in [5.41, 5.74) is 3.42. The van der Waals surface area contributed by atoms with Gasteiger partial charge in [0.05, 0.1) is 6.20 Å². The van der Waals surface area contributed by atoms with E-state index in [1.54, 1.807) is 25.4 Å². The number of hydrogen-bond acceptors (Lipinski definition) is 6. The number of pyridine rings is 1. The Hall–Kier alpha value is -2.75. The number of likely N-dealkylation sites (N-methyl/N-ethyl adjacent to an activating group) is 2. The molecule has 0 spiro atoms. The zero-order chi connectivity index (χ0) is 20.9. The minimum Gasteiger partial charge on any atom is -0.318 e. The van der Waals surface area contributed by atoms with E-state index < -0.39 is 10.0 Å². The molecule has 2 N–H and O–H groups in total. The third-order valence-electron chi connectivity index (χ3n) is 4.43. The first kappa shape index (κ1) is 21.0. The van der Waals surface area contributed by atoms with E-state index in [4.69, 9.17) is 0 Å². The molecule has 9 heteroatoms. The molecule has 0 bridgehead atoms. The second kappa shape index (κ2) is 9.17. The van der Waals surface area contributed by atoms with Crippen LogP contribution < -0.4 is 10.0 Å². The second-order valence-corrected chi connectivity index (χ2v) is 8.64. The monoisotopic (exact) mass is 414 g/mol. The second-order valence-electron chi connectivity index (χ2n) is 6.96. The van der Waals surface area contributed by atoms with E-state index in [1.165, 1.54) is 17.1 Å². The molecule has 0 amide bonds. The van der Waals surface area contributed by atoms with E-state index in [0.29, 0.717) is 5.69 Å². The number of sulfonamides is 1. The molecule has 0 aliphatic rings. The molecule has 3 rings (SSSR count). The SMILES string of the molecule is CNCCN(C)Cc1cncc(-c2cccc(NS(=O)(=O)c3cnn(C)c3)c2)c1. The van der Waals surface area contributed by atoms with Gasteiger partial charge in [-0.1, -0.05) is 12.1 Å². The van der Waals surface area contributed by atoms with Crippen molar-refractivity contribution >= 4 is 15.7 Å². The van der Waals surface area contributed by atoms with Crippen LogP contribution in [0.2, 0.25) is 0 Å². The summed E-state index contributed by atoms with van der Waals surface area (Å²) < 4.78 is 29.1. The zero-order valence-electron chi connectivity index (χ0n) is 16.8. The normalized spacial score (nSPS) is 11.7. The van der Waals surface area contributed by atoms with Gasteiger partial charge >= 0.3 is 0 Å². The summed E-state index contributed by atoms with van der Waals surface area (Å²) in [7, 11) is 1.99. The van der Waals surface area contributed by atoms with Crippen LogP contribution in [0.15, 0.2) is 60.0 Å². The summed E-state index contributed by atoms with van der Waals surface area (Å²) in [5, 5.41) is 7.06. The number of aryl methyl sites for hydroxylation is 1. The highest BCUT2D eigenvalue weighted by Gasteiger charge is 2.16. The Balaban J connectivity index is 1.78. The average Bonchev–Trinajstić information content (AvgIpc) is 3.14.